The molecular formula is C22H21N3O4S. The summed E-state index contributed by atoms with van der Waals surface area (Å²) in [6.45, 7) is 2.78. The number of ether oxygens (including phenoxy) is 1. The van der Waals surface area contributed by atoms with Crippen molar-refractivity contribution in [2.24, 2.45) is 4.99 Å². The second kappa shape index (κ2) is 8.23. The fourth-order valence-corrected chi connectivity index (χ4v) is 4.62. The van der Waals surface area contributed by atoms with Crippen LogP contribution in [0.4, 0.5) is 5.69 Å². The molecule has 0 aliphatic carbocycles. The average Bonchev–Trinajstić information content (AvgIpc) is 3.27. The van der Waals surface area contributed by atoms with Gasteiger partial charge in [-0.15, -0.1) is 0 Å². The van der Waals surface area contributed by atoms with Crippen molar-refractivity contribution in [1.82, 2.24) is 4.57 Å². The van der Waals surface area contributed by atoms with Gasteiger partial charge in [0.2, 0.25) is 11.8 Å². The van der Waals surface area contributed by atoms with E-state index in [1.807, 2.05) is 22.8 Å². The molecule has 0 atom stereocenters. The molecule has 0 N–H and O–H groups in total. The summed E-state index contributed by atoms with van der Waals surface area (Å²) in [6.07, 6.45) is 1.33. The summed E-state index contributed by atoms with van der Waals surface area (Å²) in [5, 5.41) is 0. The lowest BCUT2D eigenvalue weighted by molar-refractivity contribution is -0.121. The monoisotopic (exact) mass is 423 g/mol. The molecule has 0 unspecified atom stereocenters. The van der Waals surface area contributed by atoms with Crippen LogP contribution in [-0.4, -0.2) is 29.4 Å². The van der Waals surface area contributed by atoms with Gasteiger partial charge in [-0.1, -0.05) is 24.3 Å². The molecule has 154 valence electrons. The number of benzene rings is 2. The molecule has 1 aliphatic heterocycles. The van der Waals surface area contributed by atoms with Crippen molar-refractivity contribution < 1.29 is 19.1 Å². The molecule has 1 fully saturated rings. The molecule has 1 saturated heterocycles. The lowest BCUT2D eigenvalue weighted by atomic mass is 10.2. The number of aryl methyl sites for hydroxylation is 1. The lowest BCUT2D eigenvalue weighted by Gasteiger charge is -2.13. The molecule has 0 saturated carbocycles. The highest BCUT2D eigenvalue weighted by Crippen LogP contribution is 2.27. The van der Waals surface area contributed by atoms with Crippen LogP contribution in [0.3, 0.4) is 0 Å². The standard InChI is InChI=1S/C22H21N3O4S/c1-3-13-24-20-16(29-2)5-4-6-17(20)30-22(24)23-21(28)14-7-9-15(10-8-14)25-18(26)11-12-19(25)27/h4-10H,3,11-13H2,1-2H3. The predicted molar refractivity (Wildman–Crippen MR) is 115 cm³/mol. The molecule has 3 aromatic rings. The quantitative estimate of drug-likeness (QED) is 0.588. The molecule has 1 aromatic heterocycles. The van der Waals surface area contributed by atoms with Crippen LogP contribution in [0.25, 0.3) is 10.2 Å². The number of rotatable bonds is 5. The molecule has 30 heavy (non-hydrogen) atoms. The number of fused-ring (bicyclic) bond motifs is 1. The van der Waals surface area contributed by atoms with E-state index in [-0.39, 0.29) is 30.6 Å². The van der Waals surface area contributed by atoms with Gasteiger partial charge in [-0.3, -0.25) is 19.3 Å². The van der Waals surface area contributed by atoms with Crippen LogP contribution in [0.1, 0.15) is 36.5 Å². The fourth-order valence-electron chi connectivity index (χ4n) is 3.55. The minimum atomic E-state index is -0.379. The van der Waals surface area contributed by atoms with Gasteiger partial charge >= 0.3 is 0 Å². The van der Waals surface area contributed by atoms with Crippen LogP contribution in [0.15, 0.2) is 47.5 Å². The summed E-state index contributed by atoms with van der Waals surface area (Å²) in [4.78, 5) is 42.7. The molecular weight excluding hydrogens is 402 g/mol. The average molecular weight is 423 g/mol. The number of carbonyl (C=O) groups excluding carboxylic acids is 3. The Morgan fingerprint density at radius 3 is 2.43 bits per heavy atom. The number of hydrogen-bond acceptors (Lipinski definition) is 5. The number of anilines is 1. The van der Waals surface area contributed by atoms with Crippen LogP contribution < -0.4 is 14.4 Å². The zero-order valence-electron chi connectivity index (χ0n) is 16.8. The Bertz CT molecular complexity index is 1190. The molecule has 0 spiro atoms. The molecule has 0 bridgehead atoms. The summed E-state index contributed by atoms with van der Waals surface area (Å²) in [5.74, 6) is -0.0708. The first-order valence-electron chi connectivity index (χ1n) is 9.74. The topological polar surface area (TPSA) is 81.0 Å². The maximum Gasteiger partial charge on any atom is 0.279 e. The van der Waals surface area contributed by atoms with Gasteiger partial charge in [-0.2, -0.15) is 4.99 Å². The highest BCUT2D eigenvalue weighted by molar-refractivity contribution is 7.16. The van der Waals surface area contributed by atoms with E-state index in [1.54, 1.807) is 31.4 Å². The van der Waals surface area contributed by atoms with E-state index in [2.05, 4.69) is 11.9 Å². The third-order valence-electron chi connectivity index (χ3n) is 4.95. The number of aromatic nitrogens is 1. The van der Waals surface area contributed by atoms with E-state index >= 15 is 0 Å². The number of amides is 3. The maximum atomic E-state index is 12.8. The zero-order chi connectivity index (χ0) is 21.3. The Labute approximate surface area is 177 Å². The highest BCUT2D eigenvalue weighted by atomic mass is 32.1. The van der Waals surface area contributed by atoms with Crippen LogP contribution in [-0.2, 0) is 16.1 Å². The largest absolute Gasteiger partial charge is 0.495 e. The van der Waals surface area contributed by atoms with E-state index in [0.29, 0.717) is 22.6 Å². The number of carbonyl (C=O) groups is 3. The first-order chi connectivity index (χ1) is 14.5. The number of hydrogen-bond donors (Lipinski definition) is 0. The lowest BCUT2D eigenvalue weighted by Crippen LogP contribution is -2.28. The third kappa shape index (κ3) is 3.54. The van der Waals surface area contributed by atoms with Gasteiger partial charge in [0.05, 0.1) is 17.5 Å². The molecule has 4 rings (SSSR count). The summed E-state index contributed by atoms with van der Waals surface area (Å²) in [7, 11) is 1.63. The van der Waals surface area contributed by atoms with Crippen LogP contribution in [0.5, 0.6) is 5.75 Å². The number of thiazole rings is 1. The maximum absolute atomic E-state index is 12.8. The first kappa shape index (κ1) is 20.0. The van der Waals surface area contributed by atoms with Crippen molar-refractivity contribution >= 4 is 45.0 Å². The third-order valence-corrected chi connectivity index (χ3v) is 6.00. The van der Waals surface area contributed by atoms with Crippen molar-refractivity contribution in [3.8, 4) is 5.75 Å². The van der Waals surface area contributed by atoms with Gasteiger partial charge in [0, 0.05) is 24.9 Å². The Morgan fingerprint density at radius 1 is 1.10 bits per heavy atom. The molecule has 1 aliphatic rings. The first-order valence-corrected chi connectivity index (χ1v) is 10.6. The minimum Gasteiger partial charge on any atom is -0.495 e. The van der Waals surface area contributed by atoms with E-state index in [9.17, 15) is 14.4 Å². The van der Waals surface area contributed by atoms with Gasteiger partial charge in [0.15, 0.2) is 4.80 Å². The number of imide groups is 1. The second-order valence-corrected chi connectivity index (χ2v) is 7.94. The normalized spacial score (nSPS) is 14.7. The number of methoxy groups -OCH3 is 1. The smallest absolute Gasteiger partial charge is 0.279 e. The fraction of sp³-hybridized carbons (Fsp3) is 0.273. The van der Waals surface area contributed by atoms with Gasteiger partial charge < -0.3 is 9.30 Å². The number of nitrogens with zero attached hydrogens (tertiary/aromatic N) is 3. The van der Waals surface area contributed by atoms with Crippen molar-refractivity contribution in [1.29, 1.82) is 0 Å². The van der Waals surface area contributed by atoms with Crippen molar-refractivity contribution in [3.05, 3.63) is 52.8 Å². The van der Waals surface area contributed by atoms with Crippen molar-refractivity contribution in [3.63, 3.8) is 0 Å². The van der Waals surface area contributed by atoms with Gasteiger partial charge in [-0.25, -0.2) is 0 Å². The summed E-state index contributed by atoms with van der Waals surface area (Å²) in [6, 6.07) is 12.2. The van der Waals surface area contributed by atoms with Crippen LogP contribution >= 0.6 is 11.3 Å². The Balaban J connectivity index is 1.71. The number of para-hydroxylation sites is 1. The summed E-state index contributed by atoms with van der Waals surface area (Å²) < 4.78 is 8.50. The molecule has 8 heteroatoms. The highest BCUT2D eigenvalue weighted by Gasteiger charge is 2.30. The zero-order valence-corrected chi connectivity index (χ0v) is 17.6. The Morgan fingerprint density at radius 2 is 1.80 bits per heavy atom. The van der Waals surface area contributed by atoms with E-state index in [1.165, 1.54) is 16.2 Å². The Hall–Kier alpha value is -3.26. The molecule has 7 nitrogen and oxygen atoms in total. The predicted octanol–water partition coefficient (Wildman–Crippen LogP) is 3.52. The van der Waals surface area contributed by atoms with E-state index in [4.69, 9.17) is 4.74 Å². The van der Waals surface area contributed by atoms with Crippen molar-refractivity contribution in [2.75, 3.05) is 12.0 Å². The van der Waals surface area contributed by atoms with Gasteiger partial charge in [0.25, 0.3) is 5.91 Å². The molecule has 2 aromatic carbocycles. The minimum absolute atomic E-state index is 0.219. The summed E-state index contributed by atoms with van der Waals surface area (Å²) in [5.41, 5.74) is 1.80. The van der Waals surface area contributed by atoms with Crippen LogP contribution in [0.2, 0.25) is 0 Å². The van der Waals surface area contributed by atoms with Gasteiger partial charge in [0.1, 0.15) is 11.3 Å². The second-order valence-electron chi connectivity index (χ2n) is 6.93. The SMILES string of the molecule is CCCn1c(=NC(=O)c2ccc(N3C(=O)CCC3=O)cc2)sc2cccc(OC)c21. The molecule has 3 amide bonds. The van der Waals surface area contributed by atoms with Crippen LogP contribution in [0, 0.1) is 0 Å². The van der Waals surface area contributed by atoms with Crippen molar-refractivity contribution in [2.45, 2.75) is 32.7 Å². The van der Waals surface area contributed by atoms with Gasteiger partial charge in [-0.05, 0) is 42.8 Å². The molecule has 2 heterocycles. The summed E-state index contributed by atoms with van der Waals surface area (Å²) >= 11 is 1.44. The van der Waals surface area contributed by atoms with E-state index in [0.717, 1.165) is 22.4 Å². The molecule has 0 radical (unpaired) electrons. The van der Waals surface area contributed by atoms with E-state index < -0.39 is 0 Å². The Kier molecular flexibility index (Phi) is 5.50.